The van der Waals surface area contributed by atoms with Crippen LogP contribution in [0.4, 0.5) is 0 Å². The van der Waals surface area contributed by atoms with Gasteiger partial charge in [0.1, 0.15) is 0 Å². The molecule has 0 nitrogen and oxygen atoms in total. The number of hydrogen-bond acceptors (Lipinski definition) is 0. The second-order valence-corrected chi connectivity index (χ2v) is 5.98. The fourth-order valence-corrected chi connectivity index (χ4v) is 4.18. The van der Waals surface area contributed by atoms with E-state index in [-0.39, 0.29) is 5.41 Å². The molecule has 106 valence electrons. The topological polar surface area (TPSA) is 0 Å². The molecule has 0 heterocycles. The summed E-state index contributed by atoms with van der Waals surface area (Å²) in [5, 5.41) is 0. The molecule has 0 radical (unpaired) electrons. The molecule has 1 unspecified atom stereocenters. The first kappa shape index (κ1) is 13.1. The molecule has 1 atom stereocenters. The summed E-state index contributed by atoms with van der Waals surface area (Å²) in [5.74, 6) is 0. The molecule has 2 aromatic carbocycles. The Labute approximate surface area is 131 Å². The number of fused-ring (bicyclic) bond motifs is 4. The highest BCUT2D eigenvalue weighted by molar-refractivity contribution is 6.02. The maximum atomic E-state index is 4.47. The molecule has 0 bridgehead atoms. The summed E-state index contributed by atoms with van der Waals surface area (Å²) in [6.07, 6.45) is 2.16. The van der Waals surface area contributed by atoms with Crippen molar-refractivity contribution >= 4 is 11.1 Å². The van der Waals surface area contributed by atoms with E-state index in [0.717, 1.165) is 16.7 Å². The quantitative estimate of drug-likeness (QED) is 0.596. The minimum absolute atomic E-state index is 0.341. The van der Waals surface area contributed by atoms with Gasteiger partial charge in [0.25, 0.3) is 0 Å². The largest absolute Gasteiger partial charge is 0.0936 e. The van der Waals surface area contributed by atoms with Gasteiger partial charge in [-0.05, 0) is 51.5 Å². The van der Waals surface area contributed by atoms with Gasteiger partial charge < -0.3 is 0 Å². The first-order valence-electron chi connectivity index (χ1n) is 7.58. The van der Waals surface area contributed by atoms with E-state index in [9.17, 15) is 0 Å². The van der Waals surface area contributed by atoms with Crippen molar-refractivity contribution in [2.24, 2.45) is 0 Å². The van der Waals surface area contributed by atoms with E-state index in [1.165, 1.54) is 27.8 Å². The van der Waals surface area contributed by atoms with Gasteiger partial charge in [-0.3, -0.25) is 0 Å². The summed E-state index contributed by atoms with van der Waals surface area (Å²) in [7, 11) is 0. The summed E-state index contributed by atoms with van der Waals surface area (Å²) in [5.41, 5.74) is 9.09. The standard InChI is InChI=1S/C22H18/c1-5-17-16(4)22(21-13-9-7-11-19(17)21)15(3)14(2)18-10-6-8-12-20(18)22/h5-13H,2-4H2,1H3/b17-5+. The SMILES string of the molecule is C=C1C(=C)C2(C(=C)/C(=C\C)c3ccccc32)c2ccccc21. The van der Waals surface area contributed by atoms with Gasteiger partial charge in [0.15, 0.2) is 0 Å². The Balaban J connectivity index is 2.18. The molecule has 2 aromatic rings. The third-order valence-corrected chi connectivity index (χ3v) is 5.16. The van der Waals surface area contributed by atoms with Crippen LogP contribution in [-0.2, 0) is 5.41 Å². The molecule has 2 aliphatic rings. The Morgan fingerprint density at radius 2 is 1.32 bits per heavy atom. The average Bonchev–Trinajstić information content (AvgIpc) is 2.94. The molecule has 0 aliphatic heterocycles. The van der Waals surface area contributed by atoms with E-state index >= 15 is 0 Å². The maximum Gasteiger partial charge on any atom is 0.0713 e. The number of allylic oxidation sites excluding steroid dienone is 5. The molecule has 0 saturated heterocycles. The van der Waals surface area contributed by atoms with E-state index in [1.54, 1.807) is 0 Å². The molecule has 4 rings (SSSR count). The van der Waals surface area contributed by atoms with Crippen molar-refractivity contribution in [3.8, 4) is 0 Å². The average molecular weight is 282 g/mol. The zero-order chi connectivity index (χ0) is 15.5. The molecule has 0 aromatic heterocycles. The van der Waals surface area contributed by atoms with Gasteiger partial charge in [0.2, 0.25) is 0 Å². The molecule has 0 saturated carbocycles. The van der Waals surface area contributed by atoms with Gasteiger partial charge in [0.05, 0.1) is 5.41 Å². The lowest BCUT2D eigenvalue weighted by Gasteiger charge is -2.29. The van der Waals surface area contributed by atoms with Crippen LogP contribution >= 0.6 is 0 Å². The predicted molar refractivity (Wildman–Crippen MR) is 94.6 cm³/mol. The molecule has 0 amide bonds. The Morgan fingerprint density at radius 1 is 0.773 bits per heavy atom. The lowest BCUT2D eigenvalue weighted by molar-refractivity contribution is 0.802. The van der Waals surface area contributed by atoms with Crippen molar-refractivity contribution in [1.29, 1.82) is 0 Å². The van der Waals surface area contributed by atoms with Crippen molar-refractivity contribution in [3.63, 3.8) is 0 Å². The zero-order valence-corrected chi connectivity index (χ0v) is 12.8. The fourth-order valence-electron chi connectivity index (χ4n) is 4.18. The van der Waals surface area contributed by atoms with Gasteiger partial charge >= 0.3 is 0 Å². The molecule has 1 spiro atoms. The zero-order valence-electron chi connectivity index (χ0n) is 12.8. The van der Waals surface area contributed by atoms with Crippen LogP contribution in [0.3, 0.4) is 0 Å². The minimum Gasteiger partial charge on any atom is -0.0936 e. The van der Waals surface area contributed by atoms with Crippen molar-refractivity contribution in [2.75, 3.05) is 0 Å². The van der Waals surface area contributed by atoms with E-state index in [0.29, 0.717) is 0 Å². The molecule has 0 fully saturated rings. The smallest absolute Gasteiger partial charge is 0.0713 e. The van der Waals surface area contributed by atoms with Crippen LogP contribution in [0.1, 0.15) is 29.2 Å². The Morgan fingerprint density at radius 3 is 1.95 bits per heavy atom. The third-order valence-electron chi connectivity index (χ3n) is 5.16. The highest BCUT2D eigenvalue weighted by Crippen LogP contribution is 2.63. The molecule has 0 N–H and O–H groups in total. The van der Waals surface area contributed by atoms with Crippen molar-refractivity contribution in [2.45, 2.75) is 12.3 Å². The van der Waals surface area contributed by atoms with Crippen molar-refractivity contribution < 1.29 is 0 Å². The minimum atomic E-state index is -0.341. The normalized spacial score (nSPS) is 24.2. The van der Waals surface area contributed by atoms with Crippen LogP contribution in [0.25, 0.3) is 11.1 Å². The van der Waals surface area contributed by atoms with Crippen LogP contribution in [0, 0.1) is 0 Å². The van der Waals surface area contributed by atoms with E-state index in [2.05, 4.69) is 81.3 Å². The summed E-state index contributed by atoms with van der Waals surface area (Å²) < 4.78 is 0. The monoisotopic (exact) mass is 282 g/mol. The summed E-state index contributed by atoms with van der Waals surface area (Å²) >= 11 is 0. The summed E-state index contributed by atoms with van der Waals surface area (Å²) in [6, 6.07) is 17.1. The summed E-state index contributed by atoms with van der Waals surface area (Å²) in [4.78, 5) is 0. The number of benzene rings is 2. The van der Waals surface area contributed by atoms with Crippen LogP contribution in [0.2, 0.25) is 0 Å². The maximum absolute atomic E-state index is 4.47. The Bertz CT molecular complexity index is 892. The first-order chi connectivity index (χ1) is 10.6. The number of rotatable bonds is 0. The lowest BCUT2D eigenvalue weighted by atomic mass is 9.71. The van der Waals surface area contributed by atoms with Gasteiger partial charge in [-0.2, -0.15) is 0 Å². The molecule has 0 heteroatoms. The van der Waals surface area contributed by atoms with E-state index in [4.69, 9.17) is 0 Å². The van der Waals surface area contributed by atoms with Crippen LogP contribution in [0.5, 0.6) is 0 Å². The van der Waals surface area contributed by atoms with E-state index in [1.807, 2.05) is 0 Å². The van der Waals surface area contributed by atoms with Crippen molar-refractivity contribution in [1.82, 2.24) is 0 Å². The van der Waals surface area contributed by atoms with Crippen LogP contribution in [-0.4, -0.2) is 0 Å². The van der Waals surface area contributed by atoms with Crippen LogP contribution in [0.15, 0.2) is 85.5 Å². The van der Waals surface area contributed by atoms with Crippen LogP contribution < -0.4 is 0 Å². The molecule has 2 aliphatic carbocycles. The molecular weight excluding hydrogens is 264 g/mol. The second kappa shape index (κ2) is 4.20. The predicted octanol–water partition coefficient (Wildman–Crippen LogP) is 5.53. The van der Waals surface area contributed by atoms with Crippen molar-refractivity contribution in [3.05, 3.63) is 108 Å². The highest BCUT2D eigenvalue weighted by atomic mass is 14.5. The second-order valence-electron chi connectivity index (χ2n) is 5.98. The highest BCUT2D eigenvalue weighted by Gasteiger charge is 2.52. The first-order valence-corrected chi connectivity index (χ1v) is 7.58. The third kappa shape index (κ3) is 1.24. The molecule has 22 heavy (non-hydrogen) atoms. The number of hydrogen-bond donors (Lipinski definition) is 0. The Hall–Kier alpha value is -2.60. The molecular formula is C22H18. The van der Waals surface area contributed by atoms with E-state index < -0.39 is 0 Å². The Kier molecular flexibility index (Phi) is 2.50. The van der Waals surface area contributed by atoms with Gasteiger partial charge in [-0.1, -0.05) is 74.3 Å². The van der Waals surface area contributed by atoms with Gasteiger partial charge in [-0.15, -0.1) is 0 Å². The summed E-state index contributed by atoms with van der Waals surface area (Å²) in [6.45, 7) is 15.3. The van der Waals surface area contributed by atoms with Gasteiger partial charge in [0, 0.05) is 0 Å². The lowest BCUT2D eigenvalue weighted by Crippen LogP contribution is -2.24. The van der Waals surface area contributed by atoms with Gasteiger partial charge in [-0.25, -0.2) is 0 Å². The fraction of sp³-hybridized carbons (Fsp3) is 0.0909.